The summed E-state index contributed by atoms with van der Waals surface area (Å²) in [5.41, 5.74) is 6.69. The zero-order valence-electron chi connectivity index (χ0n) is 15.1. The second-order valence-electron chi connectivity index (χ2n) is 6.10. The molecule has 2 rings (SSSR count). The van der Waals surface area contributed by atoms with Crippen LogP contribution in [0.5, 0.6) is 0 Å². The molecule has 0 bridgehead atoms. The smallest absolute Gasteiger partial charge is 0.328 e. The van der Waals surface area contributed by atoms with Crippen LogP contribution in [-0.2, 0) is 19.8 Å². The Morgan fingerprint density at radius 3 is 1.88 bits per heavy atom. The summed E-state index contributed by atoms with van der Waals surface area (Å²) in [5.74, 6) is -2.28. The molecule has 1 aromatic carbocycles. The van der Waals surface area contributed by atoms with Gasteiger partial charge in [-0.25, -0.2) is 9.59 Å². The van der Waals surface area contributed by atoms with Crippen LogP contribution in [0.4, 0.5) is 0 Å². The lowest BCUT2D eigenvalue weighted by Crippen LogP contribution is -2.58. The van der Waals surface area contributed by atoms with Crippen molar-refractivity contribution in [2.45, 2.75) is 38.1 Å². The van der Waals surface area contributed by atoms with Crippen LogP contribution in [0.2, 0.25) is 0 Å². The summed E-state index contributed by atoms with van der Waals surface area (Å²) in [5, 5.41) is 15.6. The highest BCUT2D eigenvalue weighted by Crippen LogP contribution is 2.44. The Morgan fingerprint density at radius 1 is 1.08 bits per heavy atom. The van der Waals surface area contributed by atoms with Crippen molar-refractivity contribution in [3.63, 3.8) is 0 Å². The summed E-state index contributed by atoms with van der Waals surface area (Å²) in [6.07, 6.45) is 2.66. The Labute approximate surface area is 153 Å². The highest BCUT2D eigenvalue weighted by molar-refractivity contribution is 5.90. The topological polar surface area (TPSA) is 121 Å². The summed E-state index contributed by atoms with van der Waals surface area (Å²) in [7, 11) is 0. The van der Waals surface area contributed by atoms with Crippen molar-refractivity contribution in [1.82, 2.24) is 4.90 Å². The second-order valence-corrected chi connectivity index (χ2v) is 6.10. The minimum atomic E-state index is -1.26. The minimum Gasteiger partial charge on any atom is -0.478 e. The first kappa shape index (κ1) is 21.4. The molecule has 0 aliphatic heterocycles. The Hall–Kier alpha value is -2.67. The van der Waals surface area contributed by atoms with Gasteiger partial charge in [-0.15, -0.1) is 0 Å². The van der Waals surface area contributed by atoms with E-state index in [9.17, 15) is 14.4 Å². The molecule has 0 saturated heterocycles. The lowest BCUT2D eigenvalue weighted by atomic mass is 9.61. The monoisotopic (exact) mass is 362 g/mol. The fraction of sp³-hybridized carbons (Fsp3) is 0.421. The van der Waals surface area contributed by atoms with Crippen molar-refractivity contribution < 1.29 is 24.6 Å². The molecule has 1 aliphatic rings. The van der Waals surface area contributed by atoms with Crippen molar-refractivity contribution in [2.75, 3.05) is 13.1 Å². The highest BCUT2D eigenvalue weighted by Gasteiger charge is 2.51. The van der Waals surface area contributed by atoms with Crippen LogP contribution in [0.25, 0.3) is 0 Å². The molecule has 0 radical (unpaired) electrons. The summed E-state index contributed by atoms with van der Waals surface area (Å²) in [6, 6.07) is 10.2. The number of hydrogen-bond acceptors (Lipinski definition) is 4. The van der Waals surface area contributed by atoms with Gasteiger partial charge in [0.15, 0.2) is 0 Å². The van der Waals surface area contributed by atoms with Gasteiger partial charge in [0.05, 0.1) is 5.41 Å². The SMILES string of the molecule is CCN(CC)C(=O)C1(c2ccccc2)CC(N)C1.O=C(O)/C=C\C(=O)O. The van der Waals surface area contributed by atoms with E-state index in [-0.39, 0.29) is 17.4 Å². The average Bonchev–Trinajstić information content (AvgIpc) is 2.59. The fourth-order valence-corrected chi connectivity index (χ4v) is 3.08. The van der Waals surface area contributed by atoms with Crippen molar-refractivity contribution in [1.29, 1.82) is 0 Å². The first-order chi connectivity index (χ1) is 12.3. The molecule has 0 aromatic heterocycles. The van der Waals surface area contributed by atoms with Crippen molar-refractivity contribution in [2.24, 2.45) is 5.73 Å². The van der Waals surface area contributed by atoms with Gasteiger partial charge >= 0.3 is 11.9 Å². The predicted octanol–water partition coefficient (Wildman–Crippen LogP) is 1.63. The normalized spacial score (nSPS) is 21.3. The molecule has 0 atom stereocenters. The fourth-order valence-electron chi connectivity index (χ4n) is 3.08. The zero-order chi connectivity index (χ0) is 19.7. The van der Waals surface area contributed by atoms with E-state index in [0.717, 1.165) is 31.5 Å². The Balaban J connectivity index is 0.000000359. The van der Waals surface area contributed by atoms with Crippen LogP contribution >= 0.6 is 0 Å². The summed E-state index contributed by atoms with van der Waals surface area (Å²) < 4.78 is 0. The van der Waals surface area contributed by atoms with Crippen LogP contribution in [0.1, 0.15) is 32.3 Å². The summed E-state index contributed by atoms with van der Waals surface area (Å²) >= 11 is 0. The lowest BCUT2D eigenvalue weighted by Gasteiger charge is -2.47. The first-order valence-electron chi connectivity index (χ1n) is 8.51. The number of amides is 1. The molecule has 0 spiro atoms. The maximum Gasteiger partial charge on any atom is 0.328 e. The van der Waals surface area contributed by atoms with Gasteiger partial charge in [0.25, 0.3) is 0 Å². The maximum atomic E-state index is 12.7. The van der Waals surface area contributed by atoms with Crippen molar-refractivity contribution in [3.05, 3.63) is 48.0 Å². The van der Waals surface area contributed by atoms with E-state index in [1.807, 2.05) is 49.1 Å². The average molecular weight is 362 g/mol. The third-order valence-corrected chi connectivity index (χ3v) is 4.38. The van der Waals surface area contributed by atoms with Crippen LogP contribution in [-0.4, -0.2) is 52.1 Å². The third kappa shape index (κ3) is 5.42. The van der Waals surface area contributed by atoms with E-state index in [2.05, 4.69) is 0 Å². The molecular formula is C19H26N2O5. The maximum absolute atomic E-state index is 12.7. The van der Waals surface area contributed by atoms with Gasteiger partial charge in [-0.3, -0.25) is 4.79 Å². The number of likely N-dealkylation sites (N-methyl/N-ethyl adjacent to an activating group) is 1. The van der Waals surface area contributed by atoms with Gasteiger partial charge in [0.1, 0.15) is 0 Å². The number of hydrogen-bond donors (Lipinski definition) is 3. The number of carbonyl (C=O) groups excluding carboxylic acids is 1. The molecule has 4 N–H and O–H groups in total. The van der Waals surface area contributed by atoms with Gasteiger partial charge in [0.2, 0.25) is 5.91 Å². The molecule has 142 valence electrons. The van der Waals surface area contributed by atoms with Crippen LogP contribution in [0, 0.1) is 0 Å². The summed E-state index contributed by atoms with van der Waals surface area (Å²) in [4.78, 5) is 33.7. The number of benzene rings is 1. The van der Waals surface area contributed by atoms with E-state index in [1.165, 1.54) is 0 Å². The third-order valence-electron chi connectivity index (χ3n) is 4.38. The second kappa shape index (κ2) is 9.72. The van der Waals surface area contributed by atoms with Crippen LogP contribution in [0.3, 0.4) is 0 Å². The molecule has 1 fully saturated rings. The number of carboxylic acids is 2. The molecule has 26 heavy (non-hydrogen) atoms. The quantitative estimate of drug-likeness (QED) is 0.661. The molecule has 1 aromatic rings. The van der Waals surface area contributed by atoms with Gasteiger partial charge < -0.3 is 20.8 Å². The standard InChI is InChI=1S/C15H22N2O.C4H4O4/c1-3-17(4-2)14(18)15(10-13(16)11-15)12-8-6-5-7-9-12;5-3(6)1-2-4(7)8/h5-9,13H,3-4,10-11,16H2,1-2H3;1-2H,(H,5,6)(H,7,8)/b;2-1-. The van der Waals surface area contributed by atoms with Gasteiger partial charge in [-0.1, -0.05) is 30.3 Å². The first-order valence-corrected chi connectivity index (χ1v) is 8.51. The number of rotatable bonds is 6. The molecule has 0 unspecified atom stereocenters. The molecule has 1 amide bonds. The van der Waals surface area contributed by atoms with Crippen molar-refractivity contribution >= 4 is 17.8 Å². The molecule has 7 heteroatoms. The number of nitrogens with two attached hydrogens (primary N) is 1. The predicted molar refractivity (Wildman–Crippen MR) is 97.7 cm³/mol. The Morgan fingerprint density at radius 2 is 1.54 bits per heavy atom. The van der Waals surface area contributed by atoms with Gasteiger partial charge in [0, 0.05) is 31.3 Å². The Bertz CT molecular complexity index is 631. The molecule has 1 saturated carbocycles. The van der Waals surface area contributed by atoms with Crippen LogP contribution < -0.4 is 5.73 Å². The number of carboxylic acid groups (broad SMARTS) is 2. The van der Waals surface area contributed by atoms with E-state index < -0.39 is 11.9 Å². The number of carbonyl (C=O) groups is 3. The lowest BCUT2D eigenvalue weighted by molar-refractivity contribution is -0.141. The van der Waals surface area contributed by atoms with E-state index >= 15 is 0 Å². The van der Waals surface area contributed by atoms with Gasteiger partial charge in [-0.05, 0) is 32.3 Å². The number of aliphatic carboxylic acids is 2. The number of nitrogens with zero attached hydrogens (tertiary/aromatic N) is 1. The minimum absolute atomic E-state index is 0.157. The highest BCUT2D eigenvalue weighted by atomic mass is 16.4. The van der Waals surface area contributed by atoms with Crippen molar-refractivity contribution in [3.8, 4) is 0 Å². The molecule has 7 nitrogen and oxygen atoms in total. The van der Waals surface area contributed by atoms with E-state index in [4.69, 9.17) is 15.9 Å². The molecule has 1 aliphatic carbocycles. The molecule has 0 heterocycles. The van der Waals surface area contributed by atoms with E-state index in [1.54, 1.807) is 0 Å². The molecular weight excluding hydrogens is 336 g/mol. The Kier molecular flexibility index (Phi) is 7.99. The van der Waals surface area contributed by atoms with E-state index in [0.29, 0.717) is 12.2 Å². The zero-order valence-corrected chi connectivity index (χ0v) is 15.1. The largest absolute Gasteiger partial charge is 0.478 e. The van der Waals surface area contributed by atoms with Crippen LogP contribution in [0.15, 0.2) is 42.5 Å². The van der Waals surface area contributed by atoms with Gasteiger partial charge in [-0.2, -0.15) is 0 Å². The summed E-state index contributed by atoms with van der Waals surface area (Å²) in [6.45, 7) is 5.58.